The molecule has 1 N–H and O–H groups in total. The standard InChI is InChI=1S/C22H25N3O2S/c26-21(23-12-5-9-16-7-1-2-8-16)20-18(15-28-22-24-13-6-14-25-22)17-10-3-4-11-19(17)27-20/h3-4,6,10-11,13-14,16H,1-2,5,7-9,12,15H2,(H,23,26). The molecule has 2 aromatic heterocycles. The summed E-state index contributed by atoms with van der Waals surface area (Å²) < 4.78 is 5.91. The molecule has 0 unspecified atom stereocenters. The van der Waals surface area contributed by atoms with Gasteiger partial charge in [-0.2, -0.15) is 0 Å². The summed E-state index contributed by atoms with van der Waals surface area (Å²) in [6, 6.07) is 9.58. The van der Waals surface area contributed by atoms with E-state index in [1.807, 2.05) is 24.3 Å². The van der Waals surface area contributed by atoms with Gasteiger partial charge in [0.1, 0.15) is 5.58 Å². The van der Waals surface area contributed by atoms with E-state index >= 15 is 0 Å². The summed E-state index contributed by atoms with van der Waals surface area (Å²) in [5.41, 5.74) is 1.64. The summed E-state index contributed by atoms with van der Waals surface area (Å²) in [6.45, 7) is 0.695. The van der Waals surface area contributed by atoms with E-state index in [1.165, 1.54) is 43.9 Å². The molecule has 146 valence electrons. The molecule has 3 aromatic rings. The van der Waals surface area contributed by atoms with Crippen molar-refractivity contribution in [3.05, 3.63) is 54.0 Å². The fourth-order valence-electron chi connectivity index (χ4n) is 3.89. The van der Waals surface area contributed by atoms with Crippen LogP contribution in [-0.4, -0.2) is 22.4 Å². The Kier molecular flexibility index (Phi) is 6.27. The second kappa shape index (κ2) is 9.24. The van der Waals surface area contributed by atoms with Gasteiger partial charge >= 0.3 is 0 Å². The van der Waals surface area contributed by atoms with Crippen molar-refractivity contribution in [1.82, 2.24) is 15.3 Å². The van der Waals surface area contributed by atoms with Crippen LogP contribution in [0.5, 0.6) is 0 Å². The average Bonchev–Trinajstić information content (AvgIpc) is 3.38. The Bertz CT molecular complexity index is 920. The van der Waals surface area contributed by atoms with E-state index in [-0.39, 0.29) is 5.91 Å². The maximum Gasteiger partial charge on any atom is 0.287 e. The van der Waals surface area contributed by atoms with Crippen molar-refractivity contribution in [3.8, 4) is 0 Å². The Balaban J connectivity index is 1.43. The second-order valence-electron chi connectivity index (χ2n) is 7.27. The number of thioether (sulfide) groups is 1. The number of carbonyl (C=O) groups excluding carboxylic acids is 1. The summed E-state index contributed by atoms with van der Waals surface area (Å²) in [4.78, 5) is 21.3. The molecule has 1 fully saturated rings. The van der Waals surface area contributed by atoms with Gasteiger partial charge in [-0.1, -0.05) is 55.6 Å². The quantitative estimate of drug-likeness (QED) is 0.322. The molecule has 0 aliphatic heterocycles. The number of fused-ring (bicyclic) bond motifs is 1. The molecular weight excluding hydrogens is 370 g/mol. The molecule has 0 spiro atoms. The van der Waals surface area contributed by atoms with Crippen molar-refractivity contribution < 1.29 is 9.21 Å². The smallest absolute Gasteiger partial charge is 0.287 e. The number of furan rings is 1. The highest BCUT2D eigenvalue weighted by Crippen LogP contribution is 2.31. The van der Waals surface area contributed by atoms with Crippen LogP contribution in [0, 0.1) is 5.92 Å². The number of nitrogens with one attached hydrogen (secondary N) is 1. The summed E-state index contributed by atoms with van der Waals surface area (Å²) in [5.74, 6) is 1.71. The highest BCUT2D eigenvalue weighted by atomic mass is 32.2. The number of benzene rings is 1. The van der Waals surface area contributed by atoms with Crippen molar-refractivity contribution in [2.75, 3.05) is 6.54 Å². The Morgan fingerprint density at radius 1 is 1.14 bits per heavy atom. The first-order valence-corrected chi connectivity index (χ1v) is 11.0. The summed E-state index contributed by atoms with van der Waals surface area (Å²) in [7, 11) is 0. The van der Waals surface area contributed by atoms with Crippen LogP contribution in [-0.2, 0) is 5.75 Å². The Hall–Kier alpha value is -2.34. The van der Waals surface area contributed by atoms with Gasteiger partial charge in [0, 0.05) is 35.6 Å². The zero-order valence-corrected chi connectivity index (χ0v) is 16.7. The molecule has 1 aliphatic rings. The lowest BCUT2D eigenvalue weighted by Gasteiger charge is -2.09. The number of nitrogens with zero attached hydrogens (tertiary/aromatic N) is 2. The lowest BCUT2D eigenvalue weighted by Crippen LogP contribution is -2.25. The zero-order chi connectivity index (χ0) is 19.2. The normalized spacial score (nSPS) is 14.6. The van der Waals surface area contributed by atoms with E-state index in [0.29, 0.717) is 23.2 Å². The van der Waals surface area contributed by atoms with Gasteiger partial charge in [-0.3, -0.25) is 4.79 Å². The van der Waals surface area contributed by atoms with E-state index in [9.17, 15) is 4.79 Å². The minimum absolute atomic E-state index is 0.132. The maximum atomic E-state index is 12.8. The molecule has 2 heterocycles. The highest BCUT2D eigenvalue weighted by molar-refractivity contribution is 7.98. The van der Waals surface area contributed by atoms with Gasteiger partial charge in [0.15, 0.2) is 10.9 Å². The van der Waals surface area contributed by atoms with Crippen LogP contribution in [0.25, 0.3) is 11.0 Å². The van der Waals surface area contributed by atoms with Gasteiger partial charge in [-0.25, -0.2) is 9.97 Å². The van der Waals surface area contributed by atoms with E-state index < -0.39 is 0 Å². The molecule has 6 heteroatoms. The molecule has 4 rings (SSSR count). The van der Waals surface area contributed by atoms with Crippen molar-refractivity contribution in [1.29, 1.82) is 0 Å². The summed E-state index contributed by atoms with van der Waals surface area (Å²) in [5, 5.41) is 4.71. The van der Waals surface area contributed by atoms with Crippen LogP contribution >= 0.6 is 11.8 Å². The van der Waals surface area contributed by atoms with Crippen LogP contribution in [0.15, 0.2) is 52.3 Å². The fraction of sp³-hybridized carbons (Fsp3) is 0.409. The number of para-hydroxylation sites is 1. The molecule has 0 radical (unpaired) electrons. The van der Waals surface area contributed by atoms with E-state index in [0.717, 1.165) is 28.9 Å². The van der Waals surface area contributed by atoms with E-state index in [2.05, 4.69) is 15.3 Å². The third-order valence-corrected chi connectivity index (χ3v) is 6.24. The zero-order valence-electron chi connectivity index (χ0n) is 15.9. The summed E-state index contributed by atoms with van der Waals surface area (Å²) >= 11 is 1.51. The van der Waals surface area contributed by atoms with Crippen LogP contribution in [0.3, 0.4) is 0 Å². The topological polar surface area (TPSA) is 68.0 Å². The maximum absolute atomic E-state index is 12.8. The predicted octanol–water partition coefficient (Wildman–Crippen LogP) is 5.22. The predicted molar refractivity (Wildman–Crippen MR) is 111 cm³/mol. The average molecular weight is 396 g/mol. The van der Waals surface area contributed by atoms with Gasteiger partial charge in [-0.05, 0) is 30.9 Å². The number of rotatable bonds is 8. The highest BCUT2D eigenvalue weighted by Gasteiger charge is 2.21. The fourth-order valence-corrected chi connectivity index (χ4v) is 4.72. The Labute approximate surface area is 169 Å². The first-order valence-electron chi connectivity index (χ1n) is 9.99. The lowest BCUT2D eigenvalue weighted by atomic mass is 10.0. The molecule has 5 nitrogen and oxygen atoms in total. The molecule has 1 aliphatic carbocycles. The van der Waals surface area contributed by atoms with Gasteiger partial charge in [-0.15, -0.1) is 0 Å². The van der Waals surface area contributed by atoms with Gasteiger partial charge < -0.3 is 9.73 Å². The van der Waals surface area contributed by atoms with Crippen molar-refractivity contribution >= 4 is 28.6 Å². The first kappa shape index (κ1) is 19.0. The van der Waals surface area contributed by atoms with Crippen LogP contribution in [0.2, 0.25) is 0 Å². The Morgan fingerprint density at radius 2 is 1.93 bits per heavy atom. The first-order chi connectivity index (χ1) is 13.8. The number of carbonyl (C=O) groups is 1. The molecule has 0 bridgehead atoms. The molecule has 1 amide bonds. The second-order valence-corrected chi connectivity index (χ2v) is 8.22. The Morgan fingerprint density at radius 3 is 2.75 bits per heavy atom. The minimum Gasteiger partial charge on any atom is -0.451 e. The van der Waals surface area contributed by atoms with Crippen LogP contribution in [0.4, 0.5) is 0 Å². The van der Waals surface area contributed by atoms with Crippen molar-refractivity contribution in [2.45, 2.75) is 49.4 Å². The molecular formula is C22H25N3O2S. The minimum atomic E-state index is -0.132. The number of amides is 1. The SMILES string of the molecule is O=C(NCCCC1CCCC1)c1oc2ccccc2c1CSc1ncccn1. The van der Waals surface area contributed by atoms with Crippen molar-refractivity contribution in [2.24, 2.45) is 5.92 Å². The molecule has 1 aromatic carbocycles. The molecule has 0 saturated heterocycles. The van der Waals surface area contributed by atoms with Crippen LogP contribution < -0.4 is 5.32 Å². The third kappa shape index (κ3) is 4.55. The van der Waals surface area contributed by atoms with Gasteiger partial charge in [0.05, 0.1) is 0 Å². The number of hydrogen-bond acceptors (Lipinski definition) is 5. The number of aromatic nitrogens is 2. The lowest BCUT2D eigenvalue weighted by molar-refractivity contribution is 0.0926. The molecule has 1 saturated carbocycles. The molecule has 28 heavy (non-hydrogen) atoms. The van der Waals surface area contributed by atoms with Crippen molar-refractivity contribution in [3.63, 3.8) is 0 Å². The summed E-state index contributed by atoms with van der Waals surface area (Å²) in [6.07, 6.45) is 11.1. The molecule has 0 atom stereocenters. The number of hydrogen-bond donors (Lipinski definition) is 1. The van der Waals surface area contributed by atoms with Gasteiger partial charge in [0.2, 0.25) is 0 Å². The third-order valence-electron chi connectivity index (χ3n) is 5.34. The largest absolute Gasteiger partial charge is 0.451 e. The van der Waals surface area contributed by atoms with Crippen LogP contribution in [0.1, 0.15) is 54.6 Å². The van der Waals surface area contributed by atoms with E-state index in [4.69, 9.17) is 4.42 Å². The van der Waals surface area contributed by atoms with Gasteiger partial charge in [0.25, 0.3) is 5.91 Å². The van der Waals surface area contributed by atoms with E-state index in [1.54, 1.807) is 18.5 Å². The monoisotopic (exact) mass is 395 g/mol.